The van der Waals surface area contributed by atoms with Crippen LogP contribution in [0.4, 0.5) is 0 Å². The Kier molecular flexibility index (Phi) is 4.70. The number of hydrogen-bond acceptors (Lipinski definition) is 5. The Labute approximate surface area is 142 Å². The lowest BCUT2D eigenvalue weighted by atomic mass is 9.58. The van der Waals surface area contributed by atoms with E-state index in [1.54, 1.807) is 0 Å². The maximum absolute atomic E-state index is 12.2. The lowest BCUT2D eigenvalue weighted by Gasteiger charge is -2.48. The normalized spacial score (nSPS) is 21.2. The van der Waals surface area contributed by atoms with Crippen molar-refractivity contribution >= 4 is 29.7 Å². The van der Waals surface area contributed by atoms with Gasteiger partial charge in [-0.25, -0.2) is 4.79 Å². The zero-order chi connectivity index (χ0) is 19.0. The minimum absolute atomic E-state index is 0.186. The van der Waals surface area contributed by atoms with E-state index >= 15 is 0 Å². The zero-order valence-electron chi connectivity index (χ0n) is 13.6. The fraction of sp³-hybridized carbons (Fsp3) is 0.562. The third-order valence-corrected chi connectivity index (χ3v) is 5.33. The van der Waals surface area contributed by atoms with Crippen molar-refractivity contribution in [3.8, 4) is 0 Å². The van der Waals surface area contributed by atoms with Gasteiger partial charge in [0.25, 0.3) is 11.8 Å². The first-order chi connectivity index (χ1) is 11.6. The number of carbonyl (C=O) groups is 5. The van der Waals surface area contributed by atoms with Crippen LogP contribution in [0.25, 0.3) is 0 Å². The number of carboxylic acid groups (broad SMARTS) is 3. The number of rotatable bonds is 6. The quantitative estimate of drug-likeness (QED) is 0.461. The van der Waals surface area contributed by atoms with E-state index in [1.807, 2.05) is 0 Å². The van der Waals surface area contributed by atoms with E-state index in [4.69, 9.17) is 0 Å². The monoisotopic (exact) mass is 353 g/mol. The van der Waals surface area contributed by atoms with Crippen molar-refractivity contribution in [3.05, 3.63) is 12.2 Å². The summed E-state index contributed by atoms with van der Waals surface area (Å²) in [6.45, 7) is 0.828. The van der Waals surface area contributed by atoms with Crippen LogP contribution >= 0.6 is 0 Å². The molecule has 136 valence electrons. The summed E-state index contributed by atoms with van der Waals surface area (Å²) < 4.78 is 0. The van der Waals surface area contributed by atoms with E-state index in [0.29, 0.717) is 12.8 Å². The molecule has 0 aromatic rings. The Morgan fingerprint density at radius 2 is 1.36 bits per heavy atom. The molecule has 0 saturated heterocycles. The largest absolute Gasteiger partial charge is 0.480 e. The number of amides is 2. The molecule has 1 aliphatic heterocycles. The molecule has 9 heteroatoms. The maximum Gasteiger partial charge on any atom is 0.331 e. The van der Waals surface area contributed by atoms with Gasteiger partial charge in [0.2, 0.25) is 5.41 Å². The third kappa shape index (κ3) is 2.41. The Morgan fingerprint density at radius 1 is 0.920 bits per heavy atom. The molecule has 2 amide bonds. The van der Waals surface area contributed by atoms with Crippen LogP contribution in [-0.2, 0) is 24.0 Å². The predicted octanol–water partition coefficient (Wildman–Crippen LogP) is 0.491. The van der Waals surface area contributed by atoms with Crippen molar-refractivity contribution in [2.24, 2.45) is 11.3 Å². The highest BCUT2D eigenvalue weighted by Gasteiger charge is 2.72. The van der Waals surface area contributed by atoms with E-state index in [-0.39, 0.29) is 17.7 Å². The van der Waals surface area contributed by atoms with Crippen LogP contribution in [0.3, 0.4) is 0 Å². The molecule has 1 aliphatic carbocycles. The first kappa shape index (κ1) is 18.6. The minimum atomic E-state index is -2.85. The van der Waals surface area contributed by atoms with Crippen molar-refractivity contribution < 1.29 is 39.3 Å². The predicted molar refractivity (Wildman–Crippen MR) is 81.3 cm³/mol. The summed E-state index contributed by atoms with van der Waals surface area (Å²) in [5, 5.41) is 29.5. The summed E-state index contributed by atoms with van der Waals surface area (Å²) >= 11 is 0. The highest BCUT2D eigenvalue weighted by molar-refractivity contribution is 6.18. The van der Waals surface area contributed by atoms with Gasteiger partial charge in [0.05, 0.1) is 0 Å². The number of carboxylic acids is 3. The first-order valence-electron chi connectivity index (χ1n) is 7.88. The smallest absolute Gasteiger partial charge is 0.331 e. The van der Waals surface area contributed by atoms with Crippen LogP contribution in [0.5, 0.6) is 0 Å². The summed E-state index contributed by atoms with van der Waals surface area (Å²) in [5.74, 6) is -8.71. The topological polar surface area (TPSA) is 149 Å². The van der Waals surface area contributed by atoms with Gasteiger partial charge < -0.3 is 15.3 Å². The molecule has 0 bridgehead atoms. The summed E-state index contributed by atoms with van der Waals surface area (Å²) in [5.41, 5.74) is -5.62. The molecule has 0 aromatic heterocycles. The number of imide groups is 1. The second-order valence-electron chi connectivity index (χ2n) is 6.48. The molecule has 0 spiro atoms. The molecule has 0 aromatic carbocycles. The molecule has 2 aliphatic rings. The molecule has 1 heterocycles. The highest BCUT2D eigenvalue weighted by atomic mass is 16.4. The third-order valence-electron chi connectivity index (χ3n) is 5.33. The number of hydrogen-bond donors (Lipinski definition) is 3. The highest BCUT2D eigenvalue weighted by Crippen LogP contribution is 2.50. The average Bonchev–Trinajstić information content (AvgIpc) is 2.87. The van der Waals surface area contributed by atoms with Crippen LogP contribution in [0.2, 0.25) is 0 Å². The molecule has 25 heavy (non-hydrogen) atoms. The van der Waals surface area contributed by atoms with Gasteiger partial charge >= 0.3 is 17.9 Å². The molecule has 1 atom stereocenters. The Balaban J connectivity index is 2.77. The van der Waals surface area contributed by atoms with E-state index in [0.717, 1.165) is 25.5 Å². The fourth-order valence-corrected chi connectivity index (χ4v) is 4.07. The molecule has 9 nitrogen and oxygen atoms in total. The Morgan fingerprint density at radius 3 is 1.72 bits per heavy atom. The molecule has 2 rings (SSSR count). The lowest BCUT2D eigenvalue weighted by molar-refractivity contribution is -0.197. The van der Waals surface area contributed by atoms with Gasteiger partial charge in [-0.2, -0.15) is 0 Å². The van der Waals surface area contributed by atoms with E-state index < -0.39 is 46.6 Å². The molecule has 0 radical (unpaired) electrons. The summed E-state index contributed by atoms with van der Waals surface area (Å²) in [7, 11) is 0. The second kappa shape index (κ2) is 6.30. The standard InChI is InChI=1S/C16H19NO8/c1-15(12(20)21,17-10(18)7-8-11(17)19)16(13(22)23,14(24)25)9-5-3-2-4-6-9/h7-9H,2-6H2,1H3,(H,20,21)(H,22,23)(H,24,25). The molecule has 3 N–H and O–H groups in total. The van der Waals surface area contributed by atoms with E-state index in [1.165, 1.54) is 0 Å². The first-order valence-corrected chi connectivity index (χ1v) is 7.88. The fourth-order valence-electron chi connectivity index (χ4n) is 4.07. The van der Waals surface area contributed by atoms with Crippen LogP contribution in [0.1, 0.15) is 39.0 Å². The van der Waals surface area contributed by atoms with Crippen LogP contribution in [0, 0.1) is 11.3 Å². The van der Waals surface area contributed by atoms with Crippen molar-refractivity contribution in [1.82, 2.24) is 4.90 Å². The van der Waals surface area contributed by atoms with Crippen molar-refractivity contribution in [3.63, 3.8) is 0 Å². The van der Waals surface area contributed by atoms with E-state index in [2.05, 4.69) is 0 Å². The summed E-state index contributed by atoms with van der Waals surface area (Å²) in [6.07, 6.45) is 3.85. The number of aliphatic carboxylic acids is 3. The van der Waals surface area contributed by atoms with Gasteiger partial charge in [-0.3, -0.25) is 24.1 Å². The SMILES string of the molecule is CC(C(=O)O)(N1C(=O)C=CC1=O)C(C(=O)O)(C(=O)O)C1CCCCC1. The van der Waals surface area contributed by atoms with Crippen molar-refractivity contribution in [2.45, 2.75) is 44.6 Å². The summed E-state index contributed by atoms with van der Waals surface area (Å²) in [4.78, 5) is 60.8. The van der Waals surface area contributed by atoms with Crippen LogP contribution in [-0.4, -0.2) is 55.5 Å². The summed E-state index contributed by atoms with van der Waals surface area (Å²) in [6, 6.07) is 0. The van der Waals surface area contributed by atoms with Gasteiger partial charge in [0, 0.05) is 12.2 Å². The second-order valence-corrected chi connectivity index (χ2v) is 6.48. The van der Waals surface area contributed by atoms with Crippen LogP contribution in [0.15, 0.2) is 12.2 Å². The Hall–Kier alpha value is -2.71. The molecular formula is C16H19NO8. The molecule has 1 saturated carbocycles. The minimum Gasteiger partial charge on any atom is -0.480 e. The van der Waals surface area contributed by atoms with Gasteiger partial charge in [0.15, 0.2) is 5.54 Å². The van der Waals surface area contributed by atoms with Crippen LogP contribution < -0.4 is 0 Å². The maximum atomic E-state index is 12.2. The van der Waals surface area contributed by atoms with Crippen molar-refractivity contribution in [1.29, 1.82) is 0 Å². The van der Waals surface area contributed by atoms with Crippen molar-refractivity contribution in [2.75, 3.05) is 0 Å². The van der Waals surface area contributed by atoms with E-state index in [9.17, 15) is 39.3 Å². The number of nitrogens with zero attached hydrogens (tertiary/aromatic N) is 1. The number of carbonyl (C=O) groups excluding carboxylic acids is 2. The molecule has 1 unspecified atom stereocenters. The van der Waals surface area contributed by atoms with Gasteiger partial charge in [-0.05, 0) is 25.7 Å². The molecular weight excluding hydrogens is 334 g/mol. The van der Waals surface area contributed by atoms with Gasteiger partial charge in [0.1, 0.15) is 0 Å². The average molecular weight is 353 g/mol. The molecule has 1 fully saturated rings. The van der Waals surface area contributed by atoms with Gasteiger partial charge in [-0.15, -0.1) is 0 Å². The van der Waals surface area contributed by atoms with Gasteiger partial charge in [-0.1, -0.05) is 19.3 Å². The lowest BCUT2D eigenvalue weighted by Crippen LogP contribution is -2.72. The Bertz CT molecular complexity index is 644. The zero-order valence-corrected chi connectivity index (χ0v) is 13.6.